The van der Waals surface area contributed by atoms with Gasteiger partial charge in [-0.25, -0.2) is 4.99 Å². The number of methoxy groups -OCH3 is 2. The third kappa shape index (κ3) is 6.92. The Morgan fingerprint density at radius 2 is 2.08 bits per heavy atom. The van der Waals surface area contributed by atoms with Crippen molar-refractivity contribution in [3.63, 3.8) is 0 Å². The second-order valence-electron chi connectivity index (χ2n) is 8.20. The van der Waals surface area contributed by atoms with Crippen LogP contribution in [0.25, 0.3) is 10.9 Å². The Morgan fingerprint density at radius 3 is 2.85 bits per heavy atom. The second kappa shape index (κ2) is 14.0. The van der Waals surface area contributed by atoms with E-state index in [4.69, 9.17) is 18.9 Å². The summed E-state index contributed by atoms with van der Waals surface area (Å²) in [6.07, 6.45) is 15.7. The predicted molar refractivity (Wildman–Crippen MR) is 159 cm³/mol. The minimum atomic E-state index is -0.368. The van der Waals surface area contributed by atoms with Crippen LogP contribution in [0, 0.1) is 0 Å². The maximum Gasteiger partial charge on any atom is 0.277 e. The van der Waals surface area contributed by atoms with Gasteiger partial charge in [0.05, 0.1) is 39.2 Å². The molecule has 10 nitrogen and oxygen atoms in total. The van der Waals surface area contributed by atoms with Crippen LogP contribution in [-0.2, 0) is 9.53 Å². The number of rotatable bonds is 11. The minimum Gasteiger partial charge on any atom is -0.493 e. The zero-order valence-corrected chi connectivity index (χ0v) is 23.5. The molecule has 0 aliphatic carbocycles. The highest BCUT2D eigenvalue weighted by Gasteiger charge is 2.32. The maximum atomic E-state index is 13.2. The number of carbonyl (C=O) groups is 1. The lowest BCUT2D eigenvalue weighted by Crippen LogP contribution is -2.33. The molecule has 1 unspecified atom stereocenters. The lowest BCUT2D eigenvalue weighted by molar-refractivity contribution is -0.117. The number of fused-ring (bicyclic) bond motifs is 1. The molecule has 2 aliphatic rings. The second-order valence-corrected chi connectivity index (χ2v) is 9.28. The average Bonchev–Trinajstić information content (AvgIpc) is 3.19. The number of pyridine rings is 1. The number of benzene rings is 1. The molecule has 1 aromatic carbocycles. The number of ether oxygens (including phenoxy) is 4. The van der Waals surface area contributed by atoms with E-state index in [1.54, 1.807) is 57.8 Å². The molecule has 0 saturated heterocycles. The van der Waals surface area contributed by atoms with Crippen LogP contribution in [0.2, 0.25) is 0 Å². The van der Waals surface area contributed by atoms with E-state index in [0.717, 1.165) is 11.0 Å². The quantitative estimate of drug-likeness (QED) is 0.232. The number of hydrogen-bond acceptors (Lipinski definition) is 10. The summed E-state index contributed by atoms with van der Waals surface area (Å²) in [5.74, 6) is 1.69. The van der Waals surface area contributed by atoms with E-state index in [-0.39, 0.29) is 11.3 Å². The van der Waals surface area contributed by atoms with Crippen molar-refractivity contribution in [1.82, 2.24) is 15.6 Å². The monoisotopic (exact) mass is 561 g/mol. The van der Waals surface area contributed by atoms with E-state index >= 15 is 0 Å². The Hall–Kier alpha value is -4.51. The van der Waals surface area contributed by atoms with Gasteiger partial charge in [0.15, 0.2) is 22.3 Å². The van der Waals surface area contributed by atoms with E-state index in [0.29, 0.717) is 52.5 Å². The van der Waals surface area contributed by atoms with Crippen molar-refractivity contribution in [1.29, 1.82) is 0 Å². The molecule has 0 saturated carbocycles. The third-order valence-corrected chi connectivity index (χ3v) is 6.79. The van der Waals surface area contributed by atoms with Gasteiger partial charge in [-0.15, -0.1) is 0 Å². The first-order chi connectivity index (χ1) is 19.6. The van der Waals surface area contributed by atoms with Crippen LogP contribution in [0.4, 0.5) is 0 Å². The molecule has 11 heteroatoms. The fourth-order valence-corrected chi connectivity index (χ4v) is 4.94. The lowest BCUT2D eigenvalue weighted by atomic mass is 10.2. The lowest BCUT2D eigenvalue weighted by Gasteiger charge is -2.12. The molecule has 3 heterocycles. The highest BCUT2D eigenvalue weighted by molar-refractivity contribution is 8.04. The number of amides is 1. The zero-order chi connectivity index (χ0) is 28.3. The van der Waals surface area contributed by atoms with Crippen LogP contribution in [0.1, 0.15) is 13.8 Å². The van der Waals surface area contributed by atoms with Gasteiger partial charge in [-0.2, -0.15) is 0 Å². The number of aromatic nitrogens is 1. The molecule has 2 aliphatic heterocycles. The van der Waals surface area contributed by atoms with Gasteiger partial charge in [-0.05, 0) is 38.1 Å². The van der Waals surface area contributed by atoms with Gasteiger partial charge in [-0.3, -0.25) is 14.8 Å². The summed E-state index contributed by atoms with van der Waals surface area (Å²) in [7, 11) is 3.15. The molecule has 0 bridgehead atoms. The molecule has 0 spiro atoms. The van der Waals surface area contributed by atoms with Crippen molar-refractivity contribution in [3.05, 3.63) is 83.2 Å². The molecule has 4 rings (SSSR count). The normalized spacial score (nSPS) is 17.2. The van der Waals surface area contributed by atoms with E-state index in [2.05, 4.69) is 25.6 Å². The number of hydrogen-bond donors (Lipinski definition) is 2. The van der Waals surface area contributed by atoms with Crippen LogP contribution in [0.5, 0.6) is 17.2 Å². The molecule has 0 radical (unpaired) electrons. The van der Waals surface area contributed by atoms with Crippen molar-refractivity contribution >= 4 is 41.0 Å². The minimum absolute atomic E-state index is 0.196. The van der Waals surface area contributed by atoms with Crippen molar-refractivity contribution in [3.8, 4) is 17.2 Å². The van der Waals surface area contributed by atoms with Gasteiger partial charge in [0.2, 0.25) is 0 Å². The van der Waals surface area contributed by atoms with Crippen LogP contribution in [0.15, 0.2) is 93.2 Å². The van der Waals surface area contributed by atoms with E-state index in [9.17, 15) is 4.79 Å². The van der Waals surface area contributed by atoms with Crippen LogP contribution < -0.4 is 24.8 Å². The Bertz CT molecular complexity index is 1460. The fourth-order valence-electron chi connectivity index (χ4n) is 3.82. The summed E-state index contributed by atoms with van der Waals surface area (Å²) < 4.78 is 22.4. The highest BCUT2D eigenvalue weighted by atomic mass is 32.2. The molecular weight excluding hydrogens is 530 g/mol. The molecule has 208 valence electrons. The van der Waals surface area contributed by atoms with Gasteiger partial charge >= 0.3 is 0 Å². The van der Waals surface area contributed by atoms with Gasteiger partial charge in [0.1, 0.15) is 16.9 Å². The molecule has 0 fully saturated rings. The molecule has 2 aromatic rings. The van der Waals surface area contributed by atoms with Crippen molar-refractivity contribution < 1.29 is 23.7 Å². The summed E-state index contributed by atoms with van der Waals surface area (Å²) in [5, 5.41) is 7.17. The maximum absolute atomic E-state index is 13.2. The smallest absolute Gasteiger partial charge is 0.277 e. The fraction of sp³-hybridized carbons (Fsp3) is 0.241. The first-order valence-electron chi connectivity index (χ1n) is 12.6. The third-order valence-electron chi connectivity index (χ3n) is 5.63. The molecular formula is C29H31N5O5S. The first kappa shape index (κ1) is 28.5. The van der Waals surface area contributed by atoms with Gasteiger partial charge in [0, 0.05) is 35.7 Å². The number of allylic oxidation sites excluding steroid dienone is 4. The number of thioether (sulfide) groups is 1. The molecule has 2 N–H and O–H groups in total. The average molecular weight is 562 g/mol. The van der Waals surface area contributed by atoms with E-state index in [1.807, 2.05) is 37.4 Å². The Labute approximate surface area is 237 Å². The van der Waals surface area contributed by atoms with E-state index < -0.39 is 0 Å². The van der Waals surface area contributed by atoms with Crippen molar-refractivity contribution in [2.75, 3.05) is 27.4 Å². The molecule has 1 atom stereocenters. The summed E-state index contributed by atoms with van der Waals surface area (Å²) >= 11 is 1.43. The van der Waals surface area contributed by atoms with Gasteiger partial charge < -0.3 is 29.6 Å². The number of carbonyl (C=O) groups excluding carboxylic acids is 1. The Balaban J connectivity index is 1.48. The zero-order valence-electron chi connectivity index (χ0n) is 22.7. The number of nitrogens with zero attached hydrogens (tertiary/aromatic N) is 3. The summed E-state index contributed by atoms with van der Waals surface area (Å²) in [4.78, 5) is 26.2. The Kier molecular flexibility index (Phi) is 10.0. The van der Waals surface area contributed by atoms with Gasteiger partial charge in [0.25, 0.3) is 5.91 Å². The van der Waals surface area contributed by atoms with Crippen molar-refractivity contribution in [2.45, 2.75) is 19.2 Å². The van der Waals surface area contributed by atoms with Crippen LogP contribution in [-0.4, -0.2) is 56.1 Å². The summed E-state index contributed by atoms with van der Waals surface area (Å²) in [6.45, 7) is 4.69. The first-order valence-corrected chi connectivity index (χ1v) is 13.5. The van der Waals surface area contributed by atoms with E-state index in [1.165, 1.54) is 18.0 Å². The molecule has 1 aromatic heterocycles. The predicted octanol–water partition coefficient (Wildman–Crippen LogP) is 4.63. The SMILES string of the molecule is CC=N/C(=C\C=C\Oc1ccnc2cc(OC)c(OC)cc12)NC(=O)C1=C(OCC)SC(C2=CC=CCN=C2)N1. The molecule has 40 heavy (non-hydrogen) atoms. The number of nitrogens with one attached hydrogen (secondary N) is 2. The Morgan fingerprint density at radius 1 is 1.25 bits per heavy atom. The highest BCUT2D eigenvalue weighted by Crippen LogP contribution is 2.36. The standard InChI is InChI=1S/C29H31N5O5S/c1-5-31-25(11-9-15-39-22-12-14-32-21-17-24(37-4)23(36-3)16-20(21)22)33-27(35)26-29(38-6-2)40-28(34-26)19-10-7-8-13-30-18-19/h5,7-12,14-18,28,34H,6,13H2,1-4H3,(H,33,35)/b15-9+,25-11+,31-5?. The molecule has 1 amide bonds. The van der Waals surface area contributed by atoms with Gasteiger partial charge in [-0.1, -0.05) is 30.0 Å². The van der Waals surface area contributed by atoms with Crippen LogP contribution in [0.3, 0.4) is 0 Å². The summed E-state index contributed by atoms with van der Waals surface area (Å²) in [5.41, 5.74) is 1.98. The largest absolute Gasteiger partial charge is 0.493 e. The van der Waals surface area contributed by atoms with Crippen LogP contribution >= 0.6 is 11.8 Å². The van der Waals surface area contributed by atoms with Crippen molar-refractivity contribution in [2.24, 2.45) is 9.98 Å². The topological polar surface area (TPSA) is 116 Å². The summed E-state index contributed by atoms with van der Waals surface area (Å²) in [6, 6.07) is 5.35. The number of aliphatic imine (C=N–C) groups is 2.